The van der Waals surface area contributed by atoms with Gasteiger partial charge >= 0.3 is 0 Å². The molecule has 0 aromatic heterocycles. The average molecular weight is 326 g/mol. The minimum atomic E-state index is -0.200. The van der Waals surface area contributed by atoms with Crippen molar-refractivity contribution in [3.63, 3.8) is 0 Å². The first-order valence-corrected chi connectivity index (χ1v) is 9.30. The second-order valence-corrected chi connectivity index (χ2v) is 7.59. The van der Waals surface area contributed by atoms with Gasteiger partial charge in [-0.25, -0.2) is 0 Å². The smallest absolute Gasteiger partial charge is 0.245 e. The van der Waals surface area contributed by atoms with Crippen molar-refractivity contribution >= 4 is 11.8 Å². The number of aryl methyl sites for hydroxylation is 1. The van der Waals surface area contributed by atoms with Crippen molar-refractivity contribution in [3.8, 4) is 0 Å². The predicted octanol–water partition coefficient (Wildman–Crippen LogP) is 2.71. The minimum absolute atomic E-state index is 0.178. The molecule has 3 fully saturated rings. The molecule has 24 heavy (non-hydrogen) atoms. The molecule has 1 aromatic carbocycles. The summed E-state index contributed by atoms with van der Waals surface area (Å²) in [5, 5.41) is 0. The molecule has 0 radical (unpaired) electrons. The summed E-state index contributed by atoms with van der Waals surface area (Å²) >= 11 is 0. The van der Waals surface area contributed by atoms with Crippen molar-refractivity contribution in [1.82, 2.24) is 9.80 Å². The maximum Gasteiger partial charge on any atom is 0.245 e. The van der Waals surface area contributed by atoms with E-state index < -0.39 is 0 Å². The van der Waals surface area contributed by atoms with Crippen LogP contribution in [0.1, 0.15) is 49.1 Å². The van der Waals surface area contributed by atoms with Crippen LogP contribution in [0.4, 0.5) is 0 Å². The molecule has 0 N–H and O–H groups in total. The summed E-state index contributed by atoms with van der Waals surface area (Å²) in [7, 11) is 0. The van der Waals surface area contributed by atoms with E-state index in [-0.39, 0.29) is 23.8 Å². The number of carbonyl (C=O) groups excluding carboxylic acids is 2. The van der Waals surface area contributed by atoms with Crippen LogP contribution in [0.25, 0.3) is 0 Å². The van der Waals surface area contributed by atoms with Crippen molar-refractivity contribution in [1.29, 1.82) is 0 Å². The van der Waals surface area contributed by atoms with E-state index in [9.17, 15) is 9.59 Å². The van der Waals surface area contributed by atoms with E-state index in [2.05, 4.69) is 31.2 Å². The summed E-state index contributed by atoms with van der Waals surface area (Å²) in [5.41, 5.74) is 2.67. The van der Waals surface area contributed by atoms with E-state index in [0.29, 0.717) is 5.92 Å². The summed E-state index contributed by atoms with van der Waals surface area (Å²) in [6.45, 7) is 4.53. The van der Waals surface area contributed by atoms with Gasteiger partial charge in [0.15, 0.2) is 0 Å². The summed E-state index contributed by atoms with van der Waals surface area (Å²) < 4.78 is 0. The molecular weight excluding hydrogens is 300 g/mol. The van der Waals surface area contributed by atoms with Crippen LogP contribution >= 0.6 is 0 Å². The zero-order valence-electron chi connectivity index (χ0n) is 14.4. The van der Waals surface area contributed by atoms with Gasteiger partial charge in [-0.2, -0.15) is 0 Å². The largest absolute Gasteiger partial charge is 0.340 e. The molecule has 1 aromatic rings. The Morgan fingerprint density at radius 1 is 1.00 bits per heavy atom. The van der Waals surface area contributed by atoms with Crippen LogP contribution in [0.2, 0.25) is 0 Å². The second kappa shape index (κ2) is 6.23. The number of hydrogen-bond acceptors (Lipinski definition) is 2. The molecule has 2 saturated heterocycles. The van der Waals surface area contributed by atoms with Gasteiger partial charge in [-0.1, -0.05) is 24.3 Å². The molecular formula is C20H26N2O2. The third-order valence-electron chi connectivity index (χ3n) is 5.88. The van der Waals surface area contributed by atoms with Gasteiger partial charge < -0.3 is 9.80 Å². The van der Waals surface area contributed by atoms with Crippen LogP contribution in [0.3, 0.4) is 0 Å². The van der Waals surface area contributed by atoms with E-state index in [1.54, 1.807) is 0 Å². The van der Waals surface area contributed by atoms with Gasteiger partial charge in [0.25, 0.3) is 0 Å². The van der Waals surface area contributed by atoms with Gasteiger partial charge in [-0.3, -0.25) is 9.59 Å². The maximum atomic E-state index is 13.0. The van der Waals surface area contributed by atoms with Crippen molar-refractivity contribution in [2.75, 3.05) is 19.6 Å². The molecule has 1 saturated carbocycles. The number of amides is 2. The van der Waals surface area contributed by atoms with Crippen LogP contribution in [0.15, 0.2) is 24.3 Å². The normalized spacial score (nSPS) is 26.9. The highest BCUT2D eigenvalue weighted by Gasteiger charge is 2.43. The van der Waals surface area contributed by atoms with Crippen molar-refractivity contribution in [2.24, 2.45) is 5.92 Å². The number of rotatable bonds is 3. The maximum absolute atomic E-state index is 13.0. The van der Waals surface area contributed by atoms with Crippen LogP contribution in [0.5, 0.6) is 0 Å². The fourth-order valence-electron chi connectivity index (χ4n) is 4.32. The molecule has 2 heterocycles. The number of benzene rings is 1. The van der Waals surface area contributed by atoms with Crippen LogP contribution in [-0.2, 0) is 9.59 Å². The van der Waals surface area contributed by atoms with Crippen molar-refractivity contribution in [2.45, 2.75) is 51.0 Å². The van der Waals surface area contributed by atoms with Crippen molar-refractivity contribution in [3.05, 3.63) is 35.4 Å². The van der Waals surface area contributed by atoms with Gasteiger partial charge in [0.1, 0.15) is 6.04 Å². The zero-order valence-corrected chi connectivity index (χ0v) is 14.4. The number of likely N-dealkylation sites (tertiary alicyclic amines) is 2. The van der Waals surface area contributed by atoms with Crippen LogP contribution in [-0.4, -0.2) is 47.3 Å². The van der Waals surface area contributed by atoms with Gasteiger partial charge in [0.2, 0.25) is 11.8 Å². The molecule has 0 bridgehead atoms. The average Bonchev–Trinajstić information content (AvgIpc) is 3.12. The molecule has 4 nitrogen and oxygen atoms in total. The van der Waals surface area contributed by atoms with E-state index >= 15 is 0 Å². The lowest BCUT2D eigenvalue weighted by Crippen LogP contribution is -2.47. The van der Waals surface area contributed by atoms with E-state index in [1.165, 1.54) is 11.1 Å². The Morgan fingerprint density at radius 2 is 1.79 bits per heavy atom. The molecule has 2 amide bonds. The van der Waals surface area contributed by atoms with Crippen LogP contribution in [0, 0.1) is 12.8 Å². The Balaban J connectivity index is 1.43. The molecule has 1 aliphatic carbocycles. The fourth-order valence-corrected chi connectivity index (χ4v) is 4.32. The first-order valence-electron chi connectivity index (χ1n) is 9.30. The Kier molecular flexibility index (Phi) is 4.07. The summed E-state index contributed by atoms with van der Waals surface area (Å²) in [5.74, 6) is 1.04. The molecule has 4 rings (SSSR count). The highest BCUT2D eigenvalue weighted by atomic mass is 16.2. The lowest BCUT2D eigenvalue weighted by Gasteiger charge is -2.28. The monoisotopic (exact) mass is 326 g/mol. The first-order chi connectivity index (χ1) is 11.6. The standard InChI is InChI=1S/C20H26N2O2/c1-14-5-2-3-6-17(14)16-10-12-21(13-16)20(24)18-7-4-11-22(18)19(23)15-8-9-15/h2-3,5-6,15-16,18H,4,7-13H2,1H3. The first kappa shape index (κ1) is 15.7. The second-order valence-electron chi connectivity index (χ2n) is 7.59. The molecule has 128 valence electrons. The van der Waals surface area contributed by atoms with Gasteiger partial charge in [-0.05, 0) is 50.2 Å². The lowest BCUT2D eigenvalue weighted by atomic mass is 9.94. The Morgan fingerprint density at radius 3 is 2.54 bits per heavy atom. The third kappa shape index (κ3) is 2.83. The number of carbonyl (C=O) groups is 2. The van der Waals surface area contributed by atoms with Gasteiger partial charge in [0.05, 0.1) is 0 Å². The van der Waals surface area contributed by atoms with Gasteiger partial charge in [0, 0.05) is 31.5 Å². The van der Waals surface area contributed by atoms with E-state index in [1.807, 2.05) is 9.80 Å². The summed E-state index contributed by atoms with van der Waals surface area (Å²) in [6, 6.07) is 8.28. The quantitative estimate of drug-likeness (QED) is 0.857. The van der Waals surface area contributed by atoms with Crippen LogP contribution < -0.4 is 0 Å². The topological polar surface area (TPSA) is 40.6 Å². The van der Waals surface area contributed by atoms with E-state index in [0.717, 1.165) is 51.7 Å². The summed E-state index contributed by atoms with van der Waals surface area (Å²) in [4.78, 5) is 29.3. The Bertz CT molecular complexity index is 653. The molecule has 2 unspecified atom stereocenters. The molecule has 2 atom stereocenters. The highest BCUT2D eigenvalue weighted by Crippen LogP contribution is 2.35. The molecule has 4 heteroatoms. The lowest BCUT2D eigenvalue weighted by molar-refractivity contribution is -0.143. The summed E-state index contributed by atoms with van der Waals surface area (Å²) in [6.07, 6.45) is 4.84. The highest BCUT2D eigenvalue weighted by molar-refractivity contribution is 5.90. The zero-order chi connectivity index (χ0) is 16.7. The predicted molar refractivity (Wildman–Crippen MR) is 92.6 cm³/mol. The molecule has 0 spiro atoms. The number of hydrogen-bond donors (Lipinski definition) is 0. The van der Waals surface area contributed by atoms with Crippen molar-refractivity contribution < 1.29 is 9.59 Å². The molecule has 2 aliphatic heterocycles. The Hall–Kier alpha value is -1.84. The minimum Gasteiger partial charge on any atom is -0.340 e. The SMILES string of the molecule is Cc1ccccc1C1CCN(C(=O)C2CCCN2C(=O)C2CC2)C1. The third-order valence-corrected chi connectivity index (χ3v) is 5.88. The van der Waals surface area contributed by atoms with Gasteiger partial charge in [-0.15, -0.1) is 0 Å². The number of nitrogens with zero attached hydrogens (tertiary/aromatic N) is 2. The Labute approximate surface area is 143 Å². The van der Waals surface area contributed by atoms with E-state index in [4.69, 9.17) is 0 Å². The molecule has 3 aliphatic rings. The fraction of sp³-hybridized carbons (Fsp3) is 0.600.